The zero-order chi connectivity index (χ0) is 13.9. The first-order chi connectivity index (χ1) is 8.49. The van der Waals surface area contributed by atoms with E-state index in [0.717, 1.165) is 0 Å². The number of hydrogen-bond acceptors (Lipinski definition) is 3. The van der Waals surface area contributed by atoms with Crippen LogP contribution < -0.4 is 0 Å². The first-order valence-electron chi connectivity index (χ1n) is 5.81. The standard InChI is InChI=1S/C12H18.ClHO4S/c1-2-3-4-6-9-12-10-7-5-8-11-12;1-5-6(2,3)4/h5,7-8,10-11H,2-4,6,9H2,1H3;(H,2,3,4). The van der Waals surface area contributed by atoms with Crippen LogP contribution in [0.15, 0.2) is 30.3 Å². The minimum absolute atomic E-state index is 1.25. The molecule has 1 N–H and O–H groups in total. The second-order valence-electron chi connectivity index (χ2n) is 3.79. The third-order valence-corrected chi connectivity index (χ3v) is 2.88. The maximum atomic E-state index is 9.20. The van der Waals surface area contributed by atoms with Crippen LogP contribution in [0.5, 0.6) is 0 Å². The zero-order valence-corrected chi connectivity index (χ0v) is 12.0. The van der Waals surface area contributed by atoms with Crippen molar-refractivity contribution >= 4 is 22.3 Å². The molecule has 6 heteroatoms. The van der Waals surface area contributed by atoms with Crippen molar-refractivity contribution in [2.75, 3.05) is 0 Å². The molecule has 1 aromatic carbocycles. The molecule has 1 aromatic rings. The molecule has 1 rings (SSSR count). The highest BCUT2D eigenvalue weighted by molar-refractivity contribution is 7.81. The highest BCUT2D eigenvalue weighted by Gasteiger charge is 1.97. The van der Waals surface area contributed by atoms with Gasteiger partial charge in [0, 0.05) is 0 Å². The summed E-state index contributed by atoms with van der Waals surface area (Å²) in [5.41, 5.74) is 1.48. The first kappa shape index (κ1) is 17.4. The average Bonchev–Trinajstić information content (AvgIpc) is 2.36. The van der Waals surface area contributed by atoms with E-state index < -0.39 is 10.4 Å². The van der Waals surface area contributed by atoms with Crippen molar-refractivity contribution < 1.29 is 16.7 Å². The third kappa shape index (κ3) is 11.9. The van der Waals surface area contributed by atoms with Gasteiger partial charge in [-0.2, -0.15) is 8.42 Å². The fourth-order valence-electron chi connectivity index (χ4n) is 1.40. The van der Waals surface area contributed by atoms with Crippen LogP contribution in [0.4, 0.5) is 0 Å². The maximum absolute atomic E-state index is 9.20. The SMILES string of the molecule is CCCCCCc1ccccc1.O=S(=O)(O)OCl. The Hall–Kier alpha value is -0.620. The second kappa shape index (κ2) is 10.3. The number of hydrogen-bond donors (Lipinski definition) is 1. The average molecular weight is 295 g/mol. The summed E-state index contributed by atoms with van der Waals surface area (Å²) >= 11 is 4.14. The Kier molecular flexibility index (Phi) is 9.96. The van der Waals surface area contributed by atoms with Crippen molar-refractivity contribution in [3.05, 3.63) is 35.9 Å². The predicted molar refractivity (Wildman–Crippen MR) is 72.8 cm³/mol. The molecule has 0 amide bonds. The summed E-state index contributed by atoms with van der Waals surface area (Å²) in [4.78, 5) is 0. The van der Waals surface area contributed by atoms with E-state index in [4.69, 9.17) is 4.55 Å². The van der Waals surface area contributed by atoms with E-state index in [0.29, 0.717) is 0 Å². The molecule has 18 heavy (non-hydrogen) atoms. The lowest BCUT2D eigenvalue weighted by Gasteiger charge is -1.99. The molecule has 104 valence electrons. The van der Waals surface area contributed by atoms with E-state index >= 15 is 0 Å². The Morgan fingerprint density at radius 3 is 2.17 bits per heavy atom. The summed E-state index contributed by atoms with van der Waals surface area (Å²) < 4.78 is 28.8. The number of rotatable bonds is 6. The van der Waals surface area contributed by atoms with Crippen molar-refractivity contribution in [3.63, 3.8) is 0 Å². The second-order valence-corrected chi connectivity index (χ2v) is 5.15. The van der Waals surface area contributed by atoms with Crippen molar-refractivity contribution in [2.24, 2.45) is 0 Å². The molecule has 0 aromatic heterocycles. The lowest BCUT2D eigenvalue weighted by atomic mass is 10.1. The molecule has 0 saturated carbocycles. The Balaban J connectivity index is 0.000000411. The predicted octanol–water partition coefficient (Wildman–Crippen LogP) is 3.77. The van der Waals surface area contributed by atoms with Crippen molar-refractivity contribution in [3.8, 4) is 0 Å². The van der Waals surface area contributed by atoms with Gasteiger partial charge in [0.15, 0.2) is 0 Å². The van der Waals surface area contributed by atoms with Crippen LogP contribution in [0, 0.1) is 0 Å². The molecule has 0 heterocycles. The Morgan fingerprint density at radius 2 is 1.72 bits per heavy atom. The molecule has 0 saturated heterocycles. The molecule has 0 atom stereocenters. The van der Waals surface area contributed by atoms with Crippen molar-refractivity contribution in [1.29, 1.82) is 0 Å². The van der Waals surface area contributed by atoms with Gasteiger partial charge in [-0.05, 0) is 18.4 Å². The molecule has 0 fully saturated rings. The monoisotopic (exact) mass is 294 g/mol. The number of aryl methyl sites for hydroxylation is 1. The zero-order valence-electron chi connectivity index (χ0n) is 10.4. The molecule has 0 spiro atoms. The van der Waals surface area contributed by atoms with E-state index in [2.05, 4.69) is 52.9 Å². The van der Waals surface area contributed by atoms with Gasteiger partial charge in [-0.15, -0.1) is 3.74 Å². The molecule has 0 unspecified atom stereocenters. The van der Waals surface area contributed by atoms with Crippen LogP contribution in [-0.2, 0) is 20.6 Å². The number of benzene rings is 1. The molecule has 4 nitrogen and oxygen atoms in total. The van der Waals surface area contributed by atoms with Crippen LogP contribution in [0.1, 0.15) is 38.2 Å². The fraction of sp³-hybridized carbons (Fsp3) is 0.500. The Labute approximate surface area is 114 Å². The minimum atomic E-state index is -4.40. The van der Waals surface area contributed by atoms with Crippen LogP contribution >= 0.6 is 11.9 Å². The third-order valence-electron chi connectivity index (χ3n) is 2.24. The summed E-state index contributed by atoms with van der Waals surface area (Å²) in [5.74, 6) is 0. The van der Waals surface area contributed by atoms with Crippen LogP contribution in [0.3, 0.4) is 0 Å². The maximum Gasteiger partial charge on any atom is 0.413 e. The van der Waals surface area contributed by atoms with E-state index in [9.17, 15) is 8.42 Å². The van der Waals surface area contributed by atoms with Crippen molar-refractivity contribution in [2.45, 2.75) is 39.0 Å². The minimum Gasteiger partial charge on any atom is -0.263 e. The molecule has 0 aliphatic rings. The molecule has 0 aliphatic carbocycles. The van der Waals surface area contributed by atoms with Gasteiger partial charge >= 0.3 is 10.4 Å². The Morgan fingerprint density at radius 1 is 1.17 bits per heavy atom. The van der Waals surface area contributed by atoms with Crippen molar-refractivity contribution in [1.82, 2.24) is 0 Å². The van der Waals surface area contributed by atoms with Crippen LogP contribution in [-0.4, -0.2) is 13.0 Å². The first-order valence-corrected chi connectivity index (χ1v) is 7.48. The van der Waals surface area contributed by atoms with Gasteiger partial charge in [-0.1, -0.05) is 56.5 Å². The van der Waals surface area contributed by atoms with Gasteiger partial charge in [0.05, 0.1) is 11.9 Å². The Bertz CT molecular complexity index is 392. The van der Waals surface area contributed by atoms with Crippen LogP contribution in [0.25, 0.3) is 0 Å². The van der Waals surface area contributed by atoms with E-state index in [-0.39, 0.29) is 0 Å². The van der Waals surface area contributed by atoms with Gasteiger partial charge < -0.3 is 0 Å². The summed E-state index contributed by atoms with van der Waals surface area (Å²) in [5, 5.41) is 0. The summed E-state index contributed by atoms with van der Waals surface area (Å²) in [6.07, 6.45) is 6.69. The van der Waals surface area contributed by atoms with Gasteiger partial charge in [0.1, 0.15) is 0 Å². The number of unbranched alkanes of at least 4 members (excludes halogenated alkanes) is 3. The number of halogens is 1. The molecular formula is C12H19ClO4S. The molecule has 0 radical (unpaired) electrons. The highest BCUT2D eigenvalue weighted by Crippen LogP contribution is 2.06. The van der Waals surface area contributed by atoms with Gasteiger partial charge in [0.25, 0.3) is 0 Å². The normalized spacial score (nSPS) is 10.6. The quantitative estimate of drug-likeness (QED) is 0.641. The van der Waals surface area contributed by atoms with E-state index in [1.165, 1.54) is 37.7 Å². The fourth-order valence-corrected chi connectivity index (χ4v) is 1.40. The highest BCUT2D eigenvalue weighted by atomic mass is 35.5. The summed E-state index contributed by atoms with van der Waals surface area (Å²) in [6.45, 7) is 2.25. The lowest BCUT2D eigenvalue weighted by molar-refractivity contribution is 0.400. The van der Waals surface area contributed by atoms with E-state index in [1.54, 1.807) is 0 Å². The smallest absolute Gasteiger partial charge is 0.263 e. The van der Waals surface area contributed by atoms with Gasteiger partial charge in [-0.25, -0.2) is 0 Å². The van der Waals surface area contributed by atoms with Gasteiger partial charge in [-0.3, -0.25) is 4.55 Å². The van der Waals surface area contributed by atoms with Crippen LogP contribution in [0.2, 0.25) is 0 Å². The van der Waals surface area contributed by atoms with Gasteiger partial charge in [0.2, 0.25) is 0 Å². The summed E-state index contributed by atoms with van der Waals surface area (Å²) in [7, 11) is -4.40. The van der Waals surface area contributed by atoms with E-state index in [1.807, 2.05) is 0 Å². The molecule has 0 bridgehead atoms. The largest absolute Gasteiger partial charge is 0.413 e. The summed E-state index contributed by atoms with van der Waals surface area (Å²) in [6, 6.07) is 10.7. The molecule has 0 aliphatic heterocycles. The topological polar surface area (TPSA) is 63.6 Å². The molecular weight excluding hydrogens is 276 g/mol. The lowest BCUT2D eigenvalue weighted by Crippen LogP contribution is -1.92.